The van der Waals surface area contributed by atoms with E-state index >= 15 is 0 Å². The van der Waals surface area contributed by atoms with E-state index in [0.29, 0.717) is 24.8 Å². The van der Waals surface area contributed by atoms with Crippen LogP contribution < -0.4 is 22.7 Å². The second-order valence-electron chi connectivity index (χ2n) is 9.87. The molecule has 2 aliphatic carbocycles. The highest BCUT2D eigenvalue weighted by atomic mass is 16.2. The maximum Gasteiger partial charge on any atom is 0.334 e. The number of rotatable bonds is 5. The molecule has 0 radical (unpaired) electrons. The zero-order valence-corrected chi connectivity index (χ0v) is 19.6. The Morgan fingerprint density at radius 2 is 1.71 bits per heavy atom. The molecule has 184 valence electrons. The van der Waals surface area contributed by atoms with Crippen LogP contribution in [0.5, 0.6) is 0 Å². The van der Waals surface area contributed by atoms with Gasteiger partial charge < -0.3 is 11.5 Å². The Balaban J connectivity index is 1.47. The van der Waals surface area contributed by atoms with Crippen molar-refractivity contribution in [2.75, 3.05) is 6.54 Å². The van der Waals surface area contributed by atoms with Crippen LogP contribution in [0.2, 0.25) is 0 Å². The molecule has 1 aromatic heterocycles. The third kappa shape index (κ3) is 3.92. The summed E-state index contributed by atoms with van der Waals surface area (Å²) in [5.74, 6) is -1.81. The van der Waals surface area contributed by atoms with Gasteiger partial charge in [-0.2, -0.15) is 0 Å². The summed E-state index contributed by atoms with van der Waals surface area (Å²) in [6.07, 6.45) is 7.43. The zero-order valence-electron chi connectivity index (χ0n) is 19.6. The number of imide groups is 2. The summed E-state index contributed by atoms with van der Waals surface area (Å²) in [6, 6.07) is -0.919. The summed E-state index contributed by atoms with van der Waals surface area (Å²) in [5, 5.41) is 0. The Labute approximate surface area is 196 Å². The standard InChI is InChI=1S/C23H32N6O5/c1-3-4-9-27-19(31)16(17(24)25)20(32)29(22(27)34)14-5-7-23(8-6-14)10-15(11-23)28-12-13(2)18(30)26-21(28)33/h12,14-15H,3-11,24-25H2,1-2H3,(H,26,30,33). The van der Waals surface area contributed by atoms with Gasteiger partial charge >= 0.3 is 11.7 Å². The molecule has 2 saturated carbocycles. The summed E-state index contributed by atoms with van der Waals surface area (Å²) in [7, 11) is 0. The Kier molecular flexibility index (Phi) is 6.13. The van der Waals surface area contributed by atoms with E-state index in [0.717, 1.165) is 37.0 Å². The second kappa shape index (κ2) is 8.77. The number of aromatic amines is 1. The van der Waals surface area contributed by atoms with E-state index in [-0.39, 0.29) is 41.0 Å². The van der Waals surface area contributed by atoms with Crippen molar-refractivity contribution in [2.24, 2.45) is 16.9 Å². The maximum atomic E-state index is 13.1. The molecule has 0 aromatic carbocycles. The maximum absolute atomic E-state index is 13.1. The van der Waals surface area contributed by atoms with Crippen molar-refractivity contribution in [3.63, 3.8) is 0 Å². The van der Waals surface area contributed by atoms with E-state index in [9.17, 15) is 24.0 Å². The van der Waals surface area contributed by atoms with E-state index in [2.05, 4.69) is 4.98 Å². The van der Waals surface area contributed by atoms with Crippen molar-refractivity contribution in [3.05, 3.63) is 44.0 Å². The monoisotopic (exact) mass is 472 g/mol. The number of amides is 4. The highest BCUT2D eigenvalue weighted by Crippen LogP contribution is 2.57. The minimum Gasteiger partial charge on any atom is -0.385 e. The average molecular weight is 473 g/mol. The Hall–Kier alpha value is -3.37. The van der Waals surface area contributed by atoms with Crippen molar-refractivity contribution in [3.8, 4) is 0 Å². The number of aryl methyl sites for hydroxylation is 1. The van der Waals surface area contributed by atoms with Crippen molar-refractivity contribution >= 4 is 17.8 Å². The predicted octanol–water partition coefficient (Wildman–Crippen LogP) is 0.829. The molecule has 0 bridgehead atoms. The molecule has 5 N–H and O–H groups in total. The van der Waals surface area contributed by atoms with Crippen LogP contribution in [0.3, 0.4) is 0 Å². The van der Waals surface area contributed by atoms with Crippen LogP contribution in [0.25, 0.3) is 0 Å². The fraction of sp³-hybridized carbons (Fsp3) is 0.609. The lowest BCUT2D eigenvalue weighted by atomic mass is 9.57. The van der Waals surface area contributed by atoms with Crippen molar-refractivity contribution in [1.82, 2.24) is 19.4 Å². The quantitative estimate of drug-likeness (QED) is 0.422. The molecule has 1 spiro atoms. The van der Waals surface area contributed by atoms with E-state index in [1.54, 1.807) is 17.7 Å². The molecule has 3 fully saturated rings. The molecule has 34 heavy (non-hydrogen) atoms. The van der Waals surface area contributed by atoms with Gasteiger partial charge in [0.15, 0.2) is 0 Å². The molecular formula is C23H32N6O5. The third-order valence-electron chi connectivity index (χ3n) is 7.61. The van der Waals surface area contributed by atoms with E-state index in [1.165, 1.54) is 4.90 Å². The smallest absolute Gasteiger partial charge is 0.334 e. The first-order chi connectivity index (χ1) is 16.1. The topological polar surface area (TPSA) is 165 Å². The molecule has 1 aromatic rings. The fourth-order valence-electron chi connectivity index (χ4n) is 5.61. The number of unbranched alkanes of at least 4 members (excludes halogenated alkanes) is 1. The third-order valence-corrected chi connectivity index (χ3v) is 7.61. The van der Waals surface area contributed by atoms with Crippen LogP contribution in [0.15, 0.2) is 27.2 Å². The van der Waals surface area contributed by atoms with Gasteiger partial charge in [-0.3, -0.25) is 33.7 Å². The molecule has 4 rings (SSSR count). The molecule has 4 amide bonds. The lowest BCUT2D eigenvalue weighted by molar-refractivity contribution is -0.138. The van der Waals surface area contributed by atoms with Gasteiger partial charge in [-0.05, 0) is 57.3 Å². The minimum absolute atomic E-state index is 0.0200. The number of hydrogen-bond donors (Lipinski definition) is 3. The van der Waals surface area contributed by atoms with Gasteiger partial charge in [-0.25, -0.2) is 9.59 Å². The number of carbonyl (C=O) groups excluding carboxylic acids is 3. The molecule has 3 aliphatic rings. The van der Waals surface area contributed by atoms with Crippen LogP contribution in [-0.2, 0) is 9.59 Å². The average Bonchev–Trinajstić information content (AvgIpc) is 2.75. The van der Waals surface area contributed by atoms with Crippen molar-refractivity contribution in [1.29, 1.82) is 0 Å². The Bertz CT molecular complexity index is 1160. The molecule has 11 nitrogen and oxygen atoms in total. The van der Waals surface area contributed by atoms with Crippen LogP contribution in [-0.4, -0.2) is 49.8 Å². The molecule has 11 heteroatoms. The number of urea groups is 1. The van der Waals surface area contributed by atoms with Crippen molar-refractivity contribution < 1.29 is 14.4 Å². The van der Waals surface area contributed by atoms with Gasteiger partial charge in [0.25, 0.3) is 17.4 Å². The summed E-state index contributed by atoms with van der Waals surface area (Å²) in [6.45, 7) is 3.83. The summed E-state index contributed by atoms with van der Waals surface area (Å²) in [4.78, 5) is 67.4. The second-order valence-corrected chi connectivity index (χ2v) is 9.87. The van der Waals surface area contributed by atoms with Crippen LogP contribution in [0, 0.1) is 12.3 Å². The lowest BCUT2D eigenvalue weighted by Crippen LogP contribution is -2.61. The molecule has 0 unspecified atom stereocenters. The zero-order chi connectivity index (χ0) is 24.8. The normalized spacial score (nSPS) is 27.4. The largest absolute Gasteiger partial charge is 0.385 e. The SMILES string of the molecule is CCCCN1C(=O)C(=C(N)N)C(=O)N(C2CCC3(CC2)CC(n2cc(C)c(=O)[nH]c2=O)C3)C1=O. The van der Waals surface area contributed by atoms with Gasteiger partial charge in [0, 0.05) is 30.4 Å². The first kappa shape index (κ1) is 23.8. The fourth-order valence-corrected chi connectivity index (χ4v) is 5.61. The van der Waals surface area contributed by atoms with Gasteiger partial charge in [-0.1, -0.05) is 13.3 Å². The number of carbonyl (C=O) groups is 3. The molecule has 2 heterocycles. The van der Waals surface area contributed by atoms with E-state index in [1.807, 2.05) is 6.92 Å². The van der Waals surface area contributed by atoms with Gasteiger partial charge in [-0.15, -0.1) is 0 Å². The number of aromatic nitrogens is 2. The summed E-state index contributed by atoms with van der Waals surface area (Å²) in [5.41, 5.74) is 10.7. The number of nitrogens with two attached hydrogens (primary N) is 2. The van der Waals surface area contributed by atoms with Gasteiger partial charge in [0.1, 0.15) is 11.4 Å². The minimum atomic E-state index is -0.726. The highest BCUT2D eigenvalue weighted by molar-refractivity contribution is 6.29. The van der Waals surface area contributed by atoms with Crippen LogP contribution >= 0.6 is 0 Å². The lowest BCUT2D eigenvalue weighted by Gasteiger charge is -2.53. The first-order valence-electron chi connectivity index (χ1n) is 11.8. The van der Waals surface area contributed by atoms with Crippen LogP contribution in [0.1, 0.15) is 69.9 Å². The number of hydrogen-bond acceptors (Lipinski definition) is 7. The number of H-pyrrole nitrogens is 1. The number of nitrogens with one attached hydrogen (secondary N) is 1. The first-order valence-corrected chi connectivity index (χ1v) is 11.8. The Morgan fingerprint density at radius 3 is 2.29 bits per heavy atom. The molecular weight excluding hydrogens is 440 g/mol. The van der Waals surface area contributed by atoms with Crippen LogP contribution in [0.4, 0.5) is 4.79 Å². The highest BCUT2D eigenvalue weighted by Gasteiger charge is 2.51. The number of barbiturate groups is 1. The van der Waals surface area contributed by atoms with E-state index < -0.39 is 23.5 Å². The van der Waals surface area contributed by atoms with Gasteiger partial charge in [0.05, 0.1) is 0 Å². The van der Waals surface area contributed by atoms with E-state index in [4.69, 9.17) is 11.5 Å². The summed E-state index contributed by atoms with van der Waals surface area (Å²) < 4.78 is 1.60. The predicted molar refractivity (Wildman–Crippen MR) is 123 cm³/mol. The van der Waals surface area contributed by atoms with Gasteiger partial charge in [0.2, 0.25) is 0 Å². The van der Waals surface area contributed by atoms with Crippen molar-refractivity contribution in [2.45, 2.75) is 77.3 Å². The molecule has 1 saturated heterocycles. The molecule has 1 aliphatic heterocycles. The number of nitrogens with zero attached hydrogens (tertiary/aromatic N) is 3. The Morgan fingerprint density at radius 1 is 1.06 bits per heavy atom. The molecule has 0 atom stereocenters. The summed E-state index contributed by atoms with van der Waals surface area (Å²) >= 11 is 0.